The predicted octanol–water partition coefficient (Wildman–Crippen LogP) is 4.79. The van der Waals surface area contributed by atoms with Gasteiger partial charge in [0.05, 0.1) is 5.02 Å². The number of carbonyl (C=O) groups is 1. The van der Waals surface area contributed by atoms with Gasteiger partial charge in [-0.15, -0.1) is 0 Å². The third kappa shape index (κ3) is 4.16. The van der Waals surface area contributed by atoms with Gasteiger partial charge in [-0.1, -0.05) is 55.2 Å². The van der Waals surface area contributed by atoms with Crippen molar-refractivity contribution in [3.63, 3.8) is 0 Å². The highest BCUT2D eigenvalue weighted by Gasteiger charge is 2.37. The van der Waals surface area contributed by atoms with Crippen LogP contribution < -0.4 is 15.1 Å². The van der Waals surface area contributed by atoms with Crippen molar-refractivity contribution in [2.75, 3.05) is 18.6 Å². The van der Waals surface area contributed by atoms with Crippen molar-refractivity contribution in [2.45, 2.75) is 19.3 Å². The van der Waals surface area contributed by atoms with E-state index in [2.05, 4.69) is 41.4 Å². The van der Waals surface area contributed by atoms with E-state index in [1.54, 1.807) is 24.4 Å². The first-order valence-corrected chi connectivity index (χ1v) is 9.50. The first-order chi connectivity index (χ1) is 13.3. The zero-order chi connectivity index (χ0) is 20.3. The lowest BCUT2D eigenvalue weighted by atomic mass is 9.84. The number of hydrogen-bond donors (Lipinski definition) is 1. The Morgan fingerprint density at radius 3 is 2.71 bits per heavy atom. The molecule has 146 valence electrons. The van der Waals surface area contributed by atoms with Gasteiger partial charge in [-0.25, -0.2) is 5.43 Å². The zero-order valence-electron chi connectivity index (χ0n) is 15.9. The standard InChI is InChI=1S/C21H21Cl2N3O2/c1-21(2)15-6-4-5-7-17(15)26(3)19(21)10-11-24-25-20(27)13-28-18-9-8-14(22)12-16(18)23/h4-12H,13H2,1-3H3,(H,25,27)/b19-10-,24-11+. The Morgan fingerprint density at radius 2 is 2.00 bits per heavy atom. The minimum Gasteiger partial charge on any atom is -0.482 e. The molecule has 0 aliphatic carbocycles. The van der Waals surface area contributed by atoms with Crippen LogP contribution in [-0.4, -0.2) is 25.8 Å². The van der Waals surface area contributed by atoms with Crippen molar-refractivity contribution >= 4 is 41.0 Å². The lowest BCUT2D eigenvalue weighted by Crippen LogP contribution is -2.25. The van der Waals surface area contributed by atoms with E-state index in [9.17, 15) is 4.79 Å². The van der Waals surface area contributed by atoms with Gasteiger partial charge < -0.3 is 9.64 Å². The Labute approximate surface area is 174 Å². The number of para-hydroxylation sites is 1. The van der Waals surface area contributed by atoms with Crippen LogP contribution in [0.15, 0.2) is 59.3 Å². The molecule has 1 heterocycles. The van der Waals surface area contributed by atoms with E-state index in [0.717, 1.165) is 5.70 Å². The van der Waals surface area contributed by atoms with Crippen molar-refractivity contribution in [3.05, 3.63) is 69.8 Å². The molecule has 0 unspecified atom stereocenters. The molecule has 3 rings (SSSR count). The summed E-state index contributed by atoms with van der Waals surface area (Å²) in [7, 11) is 2.02. The molecule has 1 aliphatic heterocycles. The van der Waals surface area contributed by atoms with Crippen molar-refractivity contribution in [1.82, 2.24) is 5.43 Å². The number of fused-ring (bicyclic) bond motifs is 1. The number of hydrazone groups is 1. The number of rotatable bonds is 5. The van der Waals surface area contributed by atoms with Crippen LogP contribution in [0.3, 0.4) is 0 Å². The summed E-state index contributed by atoms with van der Waals surface area (Å²) in [5.74, 6) is 0.00222. The van der Waals surface area contributed by atoms with Crippen LogP contribution in [0, 0.1) is 0 Å². The van der Waals surface area contributed by atoms with Gasteiger partial charge in [0, 0.05) is 35.1 Å². The highest BCUT2D eigenvalue weighted by Crippen LogP contribution is 2.46. The van der Waals surface area contributed by atoms with E-state index in [0.29, 0.717) is 15.8 Å². The maximum absolute atomic E-state index is 11.9. The van der Waals surface area contributed by atoms with Gasteiger partial charge in [0.15, 0.2) is 6.61 Å². The third-order valence-electron chi connectivity index (χ3n) is 4.69. The highest BCUT2D eigenvalue weighted by atomic mass is 35.5. The number of anilines is 1. The summed E-state index contributed by atoms with van der Waals surface area (Å²) < 4.78 is 5.38. The smallest absolute Gasteiger partial charge is 0.277 e. The van der Waals surface area contributed by atoms with E-state index >= 15 is 0 Å². The summed E-state index contributed by atoms with van der Waals surface area (Å²) in [6.45, 7) is 4.13. The molecule has 0 aromatic heterocycles. The van der Waals surface area contributed by atoms with Gasteiger partial charge in [-0.3, -0.25) is 4.79 Å². The summed E-state index contributed by atoms with van der Waals surface area (Å²) in [4.78, 5) is 14.0. The Morgan fingerprint density at radius 1 is 1.25 bits per heavy atom. The van der Waals surface area contributed by atoms with Crippen LogP contribution in [-0.2, 0) is 10.2 Å². The van der Waals surface area contributed by atoms with Gasteiger partial charge in [0.25, 0.3) is 5.91 Å². The molecular weight excluding hydrogens is 397 g/mol. The van der Waals surface area contributed by atoms with Gasteiger partial charge in [0.1, 0.15) is 5.75 Å². The molecule has 2 aromatic rings. The SMILES string of the molecule is CN1/C(=C\C=N\NC(=O)COc2ccc(Cl)cc2Cl)C(C)(C)c2ccccc21. The second-order valence-electron chi connectivity index (χ2n) is 6.93. The maximum atomic E-state index is 11.9. The van der Waals surface area contributed by atoms with Crippen molar-refractivity contribution in [3.8, 4) is 5.75 Å². The first kappa shape index (κ1) is 20.2. The number of allylic oxidation sites excluding steroid dienone is 2. The van der Waals surface area contributed by atoms with Crippen LogP contribution in [0.25, 0.3) is 0 Å². The van der Waals surface area contributed by atoms with Crippen LogP contribution in [0.1, 0.15) is 19.4 Å². The molecule has 0 radical (unpaired) electrons. The van der Waals surface area contributed by atoms with Crippen molar-refractivity contribution in [2.24, 2.45) is 5.10 Å². The van der Waals surface area contributed by atoms with Crippen LogP contribution in [0.4, 0.5) is 5.69 Å². The average Bonchev–Trinajstić information content (AvgIpc) is 2.85. The molecule has 0 fully saturated rings. The first-order valence-electron chi connectivity index (χ1n) is 8.74. The molecule has 0 saturated carbocycles. The lowest BCUT2D eigenvalue weighted by molar-refractivity contribution is -0.123. The van der Waals surface area contributed by atoms with Gasteiger partial charge in [0.2, 0.25) is 0 Å². The largest absolute Gasteiger partial charge is 0.482 e. The average molecular weight is 418 g/mol. The summed E-state index contributed by atoms with van der Waals surface area (Å²) in [5, 5.41) is 4.83. The minimum atomic E-state index is -0.386. The van der Waals surface area contributed by atoms with E-state index in [1.807, 2.05) is 25.3 Å². The van der Waals surface area contributed by atoms with Gasteiger partial charge in [-0.2, -0.15) is 5.10 Å². The molecule has 0 atom stereocenters. The molecule has 1 N–H and O–H groups in total. The number of halogens is 2. The van der Waals surface area contributed by atoms with Gasteiger partial charge >= 0.3 is 0 Å². The van der Waals surface area contributed by atoms with E-state index in [4.69, 9.17) is 27.9 Å². The van der Waals surface area contributed by atoms with Crippen LogP contribution >= 0.6 is 23.2 Å². The van der Waals surface area contributed by atoms with Crippen LogP contribution in [0.2, 0.25) is 10.0 Å². The number of carbonyl (C=O) groups excluding carboxylic acids is 1. The van der Waals surface area contributed by atoms with E-state index in [1.165, 1.54) is 11.3 Å². The number of nitrogens with one attached hydrogen (secondary N) is 1. The third-order valence-corrected chi connectivity index (χ3v) is 5.22. The highest BCUT2D eigenvalue weighted by molar-refractivity contribution is 6.35. The van der Waals surface area contributed by atoms with Crippen molar-refractivity contribution < 1.29 is 9.53 Å². The fraction of sp³-hybridized carbons (Fsp3) is 0.238. The summed E-state index contributed by atoms with van der Waals surface area (Å²) in [5.41, 5.74) is 5.82. The molecule has 28 heavy (non-hydrogen) atoms. The molecular formula is C21H21Cl2N3O2. The number of ether oxygens (including phenoxy) is 1. The summed E-state index contributed by atoms with van der Waals surface area (Å²) >= 11 is 11.8. The Kier molecular flexibility index (Phi) is 5.96. The number of benzene rings is 2. The number of hydrogen-bond acceptors (Lipinski definition) is 4. The summed E-state index contributed by atoms with van der Waals surface area (Å²) in [6.07, 6.45) is 3.48. The monoisotopic (exact) mass is 417 g/mol. The van der Waals surface area contributed by atoms with E-state index < -0.39 is 0 Å². The molecule has 2 aromatic carbocycles. The molecule has 1 aliphatic rings. The Hall–Kier alpha value is -2.50. The number of amides is 1. The normalized spacial score (nSPS) is 16.5. The fourth-order valence-electron chi connectivity index (χ4n) is 3.29. The molecule has 0 bridgehead atoms. The second-order valence-corrected chi connectivity index (χ2v) is 7.77. The topological polar surface area (TPSA) is 53.9 Å². The molecule has 1 amide bonds. The number of likely N-dealkylation sites (N-methyl/N-ethyl adjacent to an activating group) is 1. The fourth-order valence-corrected chi connectivity index (χ4v) is 3.75. The lowest BCUT2D eigenvalue weighted by Gasteiger charge is -2.23. The molecule has 7 heteroatoms. The predicted molar refractivity (Wildman–Crippen MR) is 115 cm³/mol. The molecule has 0 spiro atoms. The second kappa shape index (κ2) is 8.25. The molecule has 0 saturated heterocycles. The Bertz CT molecular complexity index is 954. The minimum absolute atomic E-state index is 0.143. The van der Waals surface area contributed by atoms with Crippen molar-refractivity contribution in [1.29, 1.82) is 0 Å². The van der Waals surface area contributed by atoms with E-state index in [-0.39, 0.29) is 17.9 Å². The van der Waals surface area contributed by atoms with Gasteiger partial charge in [-0.05, 0) is 35.9 Å². The molecule has 5 nitrogen and oxygen atoms in total. The zero-order valence-corrected chi connectivity index (χ0v) is 17.4. The summed E-state index contributed by atoms with van der Waals surface area (Å²) in [6, 6.07) is 13.1. The number of nitrogens with zero attached hydrogens (tertiary/aromatic N) is 2. The quantitative estimate of drug-likeness (QED) is 0.562. The maximum Gasteiger partial charge on any atom is 0.277 e. The Balaban J connectivity index is 1.58. The van der Waals surface area contributed by atoms with Crippen LogP contribution in [0.5, 0.6) is 5.75 Å².